The molecule has 1 rings (SSSR count). The van der Waals surface area contributed by atoms with Crippen molar-refractivity contribution in [1.82, 2.24) is 4.90 Å². The van der Waals surface area contributed by atoms with Crippen molar-refractivity contribution in [2.24, 2.45) is 11.7 Å². The number of nitrogens with zero attached hydrogens (tertiary/aromatic N) is 1. The smallest absolute Gasteiger partial charge is 0.119 e. The lowest BCUT2D eigenvalue weighted by atomic mass is 10.2. The first-order valence-corrected chi connectivity index (χ1v) is 7.18. The van der Waals surface area contributed by atoms with Crippen LogP contribution in [0.25, 0.3) is 0 Å². The molecule has 0 amide bonds. The molecule has 0 aliphatic rings. The number of nitrogens with two attached hydrogens (primary N) is 1. The Morgan fingerprint density at radius 2 is 1.95 bits per heavy atom. The van der Waals surface area contributed by atoms with Crippen molar-refractivity contribution in [3.8, 4) is 5.75 Å². The zero-order valence-electron chi connectivity index (χ0n) is 12.7. The van der Waals surface area contributed by atoms with Gasteiger partial charge in [-0.2, -0.15) is 0 Å². The Hall–Kier alpha value is -1.06. The van der Waals surface area contributed by atoms with Gasteiger partial charge in [-0.25, -0.2) is 0 Å². The largest absolute Gasteiger partial charge is 0.492 e. The molecule has 0 atom stereocenters. The summed E-state index contributed by atoms with van der Waals surface area (Å²) in [6, 6.07) is 8.57. The first kappa shape index (κ1) is 16.0. The highest BCUT2D eigenvalue weighted by molar-refractivity contribution is 5.28. The number of hydrogen-bond acceptors (Lipinski definition) is 3. The Bertz CT molecular complexity index is 364. The van der Waals surface area contributed by atoms with Gasteiger partial charge in [0.25, 0.3) is 0 Å². The first-order chi connectivity index (χ1) is 9.02. The van der Waals surface area contributed by atoms with Gasteiger partial charge in [0.1, 0.15) is 12.4 Å². The standard InChI is InChI=1S/C16H28N2O/c1-13(2)12-18(14(3)4)8-9-19-16-7-5-6-15(10-16)11-17/h5-7,10,13-14H,8-9,11-12,17H2,1-4H3. The van der Waals surface area contributed by atoms with E-state index in [-0.39, 0.29) is 0 Å². The van der Waals surface area contributed by atoms with Gasteiger partial charge in [-0.1, -0.05) is 26.0 Å². The predicted octanol–water partition coefficient (Wildman–Crippen LogP) is 2.89. The highest BCUT2D eigenvalue weighted by atomic mass is 16.5. The molecule has 0 saturated carbocycles. The van der Waals surface area contributed by atoms with Crippen molar-refractivity contribution in [2.75, 3.05) is 19.7 Å². The van der Waals surface area contributed by atoms with E-state index in [1.165, 1.54) is 0 Å². The second-order valence-corrected chi connectivity index (χ2v) is 5.68. The molecule has 0 unspecified atom stereocenters. The van der Waals surface area contributed by atoms with Gasteiger partial charge in [0, 0.05) is 25.7 Å². The van der Waals surface area contributed by atoms with Crippen molar-refractivity contribution in [3.63, 3.8) is 0 Å². The third kappa shape index (κ3) is 6.08. The maximum atomic E-state index is 5.81. The zero-order valence-corrected chi connectivity index (χ0v) is 12.7. The van der Waals surface area contributed by atoms with E-state index in [9.17, 15) is 0 Å². The summed E-state index contributed by atoms with van der Waals surface area (Å²) >= 11 is 0. The van der Waals surface area contributed by atoms with Gasteiger partial charge in [0.2, 0.25) is 0 Å². The van der Waals surface area contributed by atoms with Gasteiger partial charge >= 0.3 is 0 Å². The fourth-order valence-electron chi connectivity index (χ4n) is 2.07. The molecule has 0 radical (unpaired) electrons. The molecule has 1 aromatic rings. The van der Waals surface area contributed by atoms with Crippen molar-refractivity contribution in [1.29, 1.82) is 0 Å². The zero-order chi connectivity index (χ0) is 14.3. The molecule has 0 heterocycles. The third-order valence-electron chi connectivity index (χ3n) is 3.11. The van der Waals surface area contributed by atoms with E-state index >= 15 is 0 Å². The maximum Gasteiger partial charge on any atom is 0.119 e. The molecule has 2 N–H and O–H groups in total. The minimum absolute atomic E-state index is 0.557. The Kier molecular flexibility index (Phi) is 6.89. The molecular formula is C16H28N2O. The maximum absolute atomic E-state index is 5.81. The fourth-order valence-corrected chi connectivity index (χ4v) is 2.07. The van der Waals surface area contributed by atoms with E-state index < -0.39 is 0 Å². The SMILES string of the molecule is CC(C)CN(CCOc1cccc(CN)c1)C(C)C. The van der Waals surface area contributed by atoms with Crippen LogP contribution in [0.3, 0.4) is 0 Å². The summed E-state index contributed by atoms with van der Waals surface area (Å²) in [6.07, 6.45) is 0. The highest BCUT2D eigenvalue weighted by Crippen LogP contribution is 2.13. The van der Waals surface area contributed by atoms with Crippen LogP contribution < -0.4 is 10.5 Å². The second kappa shape index (κ2) is 8.18. The van der Waals surface area contributed by atoms with Crippen molar-refractivity contribution < 1.29 is 4.74 Å². The Labute approximate surface area is 117 Å². The van der Waals surface area contributed by atoms with Crippen LogP contribution in [0.4, 0.5) is 0 Å². The molecule has 0 aliphatic heterocycles. The first-order valence-electron chi connectivity index (χ1n) is 7.18. The van der Waals surface area contributed by atoms with Crippen LogP contribution in [0.2, 0.25) is 0 Å². The van der Waals surface area contributed by atoms with Gasteiger partial charge < -0.3 is 10.5 Å². The van der Waals surface area contributed by atoms with Gasteiger partial charge in [0.05, 0.1) is 0 Å². The van der Waals surface area contributed by atoms with Gasteiger partial charge in [-0.15, -0.1) is 0 Å². The Morgan fingerprint density at radius 3 is 2.53 bits per heavy atom. The molecule has 108 valence electrons. The van der Waals surface area contributed by atoms with E-state index in [0.29, 0.717) is 18.5 Å². The van der Waals surface area contributed by atoms with Crippen LogP contribution in [0.1, 0.15) is 33.3 Å². The number of benzene rings is 1. The van der Waals surface area contributed by atoms with Crippen molar-refractivity contribution in [2.45, 2.75) is 40.3 Å². The van der Waals surface area contributed by atoms with E-state index in [0.717, 1.165) is 31.0 Å². The van der Waals surface area contributed by atoms with Crippen LogP contribution in [0.15, 0.2) is 24.3 Å². The van der Waals surface area contributed by atoms with E-state index in [4.69, 9.17) is 10.5 Å². The third-order valence-corrected chi connectivity index (χ3v) is 3.11. The van der Waals surface area contributed by atoms with Crippen LogP contribution in [0.5, 0.6) is 5.75 Å². The molecule has 0 spiro atoms. The molecular weight excluding hydrogens is 236 g/mol. The van der Waals surface area contributed by atoms with Crippen LogP contribution >= 0.6 is 0 Å². The van der Waals surface area contributed by atoms with Gasteiger partial charge in [-0.3, -0.25) is 4.90 Å². The summed E-state index contributed by atoms with van der Waals surface area (Å²) in [5.41, 5.74) is 6.74. The minimum Gasteiger partial charge on any atom is -0.492 e. The molecule has 0 aromatic heterocycles. The Morgan fingerprint density at radius 1 is 1.21 bits per heavy atom. The molecule has 1 aromatic carbocycles. The lowest BCUT2D eigenvalue weighted by Gasteiger charge is -2.28. The minimum atomic E-state index is 0.557. The molecule has 0 bridgehead atoms. The van der Waals surface area contributed by atoms with E-state index in [2.05, 4.69) is 32.6 Å². The molecule has 0 saturated heterocycles. The summed E-state index contributed by atoms with van der Waals surface area (Å²) in [5.74, 6) is 1.60. The number of ether oxygens (including phenoxy) is 1. The highest BCUT2D eigenvalue weighted by Gasteiger charge is 2.11. The predicted molar refractivity (Wildman–Crippen MR) is 81.4 cm³/mol. The Balaban J connectivity index is 2.42. The normalized spacial score (nSPS) is 11.6. The quantitative estimate of drug-likeness (QED) is 0.784. The lowest BCUT2D eigenvalue weighted by Crippen LogP contribution is -2.37. The molecule has 19 heavy (non-hydrogen) atoms. The van der Waals surface area contributed by atoms with Gasteiger partial charge in [0.15, 0.2) is 0 Å². The van der Waals surface area contributed by atoms with Crippen molar-refractivity contribution >= 4 is 0 Å². The lowest BCUT2D eigenvalue weighted by molar-refractivity contribution is 0.160. The monoisotopic (exact) mass is 264 g/mol. The number of hydrogen-bond donors (Lipinski definition) is 1. The molecule has 3 heteroatoms. The van der Waals surface area contributed by atoms with Crippen LogP contribution in [-0.2, 0) is 6.54 Å². The summed E-state index contributed by atoms with van der Waals surface area (Å²) in [6.45, 7) is 12.3. The fraction of sp³-hybridized carbons (Fsp3) is 0.625. The summed E-state index contributed by atoms with van der Waals surface area (Å²) in [7, 11) is 0. The summed E-state index contributed by atoms with van der Waals surface area (Å²) in [5, 5.41) is 0. The van der Waals surface area contributed by atoms with Crippen LogP contribution in [0, 0.1) is 5.92 Å². The molecule has 0 aliphatic carbocycles. The number of rotatable bonds is 8. The summed E-state index contributed by atoms with van der Waals surface area (Å²) < 4.78 is 5.81. The van der Waals surface area contributed by atoms with E-state index in [1.54, 1.807) is 0 Å². The average molecular weight is 264 g/mol. The molecule has 0 fully saturated rings. The van der Waals surface area contributed by atoms with Crippen molar-refractivity contribution in [3.05, 3.63) is 29.8 Å². The van der Waals surface area contributed by atoms with E-state index in [1.807, 2.05) is 24.3 Å². The molecule has 3 nitrogen and oxygen atoms in total. The average Bonchev–Trinajstić information content (AvgIpc) is 2.37. The summed E-state index contributed by atoms with van der Waals surface area (Å²) in [4.78, 5) is 2.46. The van der Waals surface area contributed by atoms with Crippen LogP contribution in [-0.4, -0.2) is 30.6 Å². The van der Waals surface area contributed by atoms with Gasteiger partial charge in [-0.05, 0) is 37.5 Å². The topological polar surface area (TPSA) is 38.5 Å². The second-order valence-electron chi connectivity index (χ2n) is 5.68.